The Morgan fingerprint density at radius 1 is 1.19 bits per heavy atom. The van der Waals surface area contributed by atoms with E-state index < -0.39 is 0 Å². The third-order valence-electron chi connectivity index (χ3n) is 6.15. The van der Waals surface area contributed by atoms with Crippen LogP contribution in [0.1, 0.15) is 49.7 Å². The molecule has 2 aliphatic rings. The lowest BCUT2D eigenvalue weighted by atomic mass is 9.97. The second-order valence-electron chi connectivity index (χ2n) is 8.60. The number of fused-ring (bicyclic) bond motifs is 1. The maximum absolute atomic E-state index is 13.7. The van der Waals surface area contributed by atoms with Crippen LogP contribution in [0.25, 0.3) is 0 Å². The summed E-state index contributed by atoms with van der Waals surface area (Å²) in [5, 5.41) is 3.08. The molecule has 2 aromatic rings. The van der Waals surface area contributed by atoms with E-state index in [1.807, 2.05) is 0 Å². The number of anilines is 1. The van der Waals surface area contributed by atoms with Crippen LogP contribution >= 0.6 is 0 Å². The Balaban J connectivity index is 1.43. The predicted octanol–water partition coefficient (Wildman–Crippen LogP) is 5.30. The topological polar surface area (TPSA) is 41.6 Å². The third kappa shape index (κ3) is 5.66. The van der Waals surface area contributed by atoms with Gasteiger partial charge in [-0.1, -0.05) is 41.5 Å². The number of aryl methyl sites for hydroxylation is 1. The quantitative estimate of drug-likeness (QED) is 0.616. The summed E-state index contributed by atoms with van der Waals surface area (Å²) in [4.78, 5) is 14.9. The number of ether oxygens (including phenoxy) is 1. The van der Waals surface area contributed by atoms with Gasteiger partial charge in [-0.2, -0.15) is 0 Å². The maximum Gasteiger partial charge on any atom is 0.222 e. The first kappa shape index (κ1) is 21.4. The highest BCUT2D eigenvalue weighted by Crippen LogP contribution is 2.36. The Hall–Kier alpha value is -2.82. The lowest BCUT2D eigenvalue weighted by Gasteiger charge is -2.38. The van der Waals surface area contributed by atoms with E-state index in [0.717, 1.165) is 30.5 Å². The molecule has 0 radical (unpaired) electrons. The standard InChI is InChI=1S/C26H31FN2O2/c1-19-7-9-21(10-8-19)17-29-23(18-31-25-15-22(27)11-12-24(25)29)16-26(30)28-14-13-20-5-3-2-4-6-20/h5,7-12,15,23H,2-4,6,13-14,16-18H2,1H3,(H,28,30)/t23-/m1/s1. The molecule has 4 nitrogen and oxygen atoms in total. The van der Waals surface area contributed by atoms with Crippen LogP contribution in [0.4, 0.5) is 10.1 Å². The zero-order valence-corrected chi connectivity index (χ0v) is 18.2. The van der Waals surface area contributed by atoms with Gasteiger partial charge < -0.3 is 15.0 Å². The Labute approximate surface area is 184 Å². The normalized spacial score (nSPS) is 18.1. The van der Waals surface area contributed by atoms with E-state index >= 15 is 0 Å². The minimum Gasteiger partial charge on any atom is -0.489 e. The van der Waals surface area contributed by atoms with Gasteiger partial charge in [0.1, 0.15) is 18.2 Å². The molecule has 164 valence electrons. The molecule has 1 amide bonds. The number of hydrogen-bond donors (Lipinski definition) is 1. The molecule has 0 fully saturated rings. The Morgan fingerprint density at radius 2 is 2.03 bits per heavy atom. The lowest BCUT2D eigenvalue weighted by Crippen LogP contribution is -2.45. The fourth-order valence-electron chi connectivity index (χ4n) is 4.37. The molecule has 1 heterocycles. The van der Waals surface area contributed by atoms with Crippen molar-refractivity contribution in [1.29, 1.82) is 0 Å². The van der Waals surface area contributed by atoms with Gasteiger partial charge in [-0.05, 0) is 56.7 Å². The molecule has 0 aromatic heterocycles. The fraction of sp³-hybridized carbons (Fsp3) is 0.423. The molecule has 0 unspecified atom stereocenters. The Kier molecular flexibility index (Phi) is 6.90. The number of rotatable bonds is 7. The van der Waals surface area contributed by atoms with Crippen LogP contribution in [0.15, 0.2) is 54.1 Å². The zero-order chi connectivity index (χ0) is 21.6. The van der Waals surface area contributed by atoms with Gasteiger partial charge in [-0.3, -0.25) is 4.79 Å². The first-order chi connectivity index (χ1) is 15.1. The molecule has 1 N–H and O–H groups in total. The summed E-state index contributed by atoms with van der Waals surface area (Å²) in [6.07, 6.45) is 8.46. The number of carbonyl (C=O) groups excluding carboxylic acids is 1. The Morgan fingerprint density at radius 3 is 2.81 bits per heavy atom. The van der Waals surface area contributed by atoms with Crippen LogP contribution < -0.4 is 15.0 Å². The molecule has 2 aromatic carbocycles. The van der Waals surface area contributed by atoms with E-state index in [4.69, 9.17) is 4.74 Å². The van der Waals surface area contributed by atoms with E-state index in [1.54, 1.807) is 6.07 Å². The molecule has 4 rings (SSSR count). The van der Waals surface area contributed by atoms with Crippen molar-refractivity contribution in [3.05, 3.63) is 71.1 Å². The molecule has 1 aliphatic carbocycles. The number of allylic oxidation sites excluding steroid dienone is 1. The molecular weight excluding hydrogens is 391 g/mol. The van der Waals surface area contributed by atoms with Gasteiger partial charge in [-0.15, -0.1) is 0 Å². The van der Waals surface area contributed by atoms with Crippen molar-refractivity contribution in [1.82, 2.24) is 5.32 Å². The molecule has 5 heteroatoms. The number of nitrogens with zero attached hydrogens (tertiary/aromatic N) is 1. The average molecular weight is 423 g/mol. The van der Waals surface area contributed by atoms with Crippen LogP contribution in [-0.4, -0.2) is 25.1 Å². The number of halogens is 1. The number of hydrogen-bond acceptors (Lipinski definition) is 3. The van der Waals surface area contributed by atoms with Crippen molar-refractivity contribution >= 4 is 11.6 Å². The summed E-state index contributed by atoms with van der Waals surface area (Å²) in [6, 6.07) is 12.9. The summed E-state index contributed by atoms with van der Waals surface area (Å²) < 4.78 is 19.6. The van der Waals surface area contributed by atoms with Gasteiger partial charge in [0.2, 0.25) is 5.91 Å². The van der Waals surface area contributed by atoms with Crippen molar-refractivity contribution in [2.75, 3.05) is 18.1 Å². The average Bonchev–Trinajstić information content (AvgIpc) is 2.77. The predicted molar refractivity (Wildman–Crippen MR) is 122 cm³/mol. The van der Waals surface area contributed by atoms with Crippen molar-refractivity contribution < 1.29 is 13.9 Å². The summed E-state index contributed by atoms with van der Waals surface area (Å²) in [5.74, 6) is 0.250. The maximum atomic E-state index is 13.7. The fourth-order valence-corrected chi connectivity index (χ4v) is 4.37. The molecular formula is C26H31FN2O2. The van der Waals surface area contributed by atoms with E-state index in [0.29, 0.717) is 31.9 Å². The number of amides is 1. The lowest BCUT2D eigenvalue weighted by molar-refractivity contribution is -0.121. The first-order valence-electron chi connectivity index (χ1n) is 11.3. The smallest absolute Gasteiger partial charge is 0.222 e. The van der Waals surface area contributed by atoms with Crippen molar-refractivity contribution in [2.45, 2.75) is 58.0 Å². The molecule has 31 heavy (non-hydrogen) atoms. The van der Waals surface area contributed by atoms with Gasteiger partial charge in [0.25, 0.3) is 0 Å². The van der Waals surface area contributed by atoms with Gasteiger partial charge in [0, 0.05) is 19.2 Å². The molecule has 0 saturated carbocycles. The summed E-state index contributed by atoms with van der Waals surface area (Å²) in [7, 11) is 0. The van der Waals surface area contributed by atoms with E-state index in [9.17, 15) is 9.18 Å². The van der Waals surface area contributed by atoms with Gasteiger partial charge in [0.05, 0.1) is 18.2 Å². The molecule has 0 bridgehead atoms. The summed E-state index contributed by atoms with van der Waals surface area (Å²) >= 11 is 0. The summed E-state index contributed by atoms with van der Waals surface area (Å²) in [5.41, 5.74) is 4.65. The SMILES string of the molecule is Cc1ccc(CN2c3ccc(F)cc3OC[C@H]2CC(=O)NCCC2=CCCCC2)cc1. The number of nitrogens with one attached hydrogen (secondary N) is 1. The van der Waals surface area contributed by atoms with Crippen LogP contribution in [0, 0.1) is 12.7 Å². The van der Waals surface area contributed by atoms with E-state index in [2.05, 4.69) is 47.5 Å². The van der Waals surface area contributed by atoms with E-state index in [-0.39, 0.29) is 17.8 Å². The molecule has 1 aliphatic heterocycles. The van der Waals surface area contributed by atoms with Gasteiger partial charge >= 0.3 is 0 Å². The minimum atomic E-state index is -0.317. The second kappa shape index (κ2) is 9.99. The highest BCUT2D eigenvalue weighted by atomic mass is 19.1. The first-order valence-corrected chi connectivity index (χ1v) is 11.3. The van der Waals surface area contributed by atoms with Crippen LogP contribution in [0.5, 0.6) is 5.75 Å². The zero-order valence-electron chi connectivity index (χ0n) is 18.2. The van der Waals surface area contributed by atoms with Crippen molar-refractivity contribution in [2.24, 2.45) is 0 Å². The van der Waals surface area contributed by atoms with Crippen LogP contribution in [0.2, 0.25) is 0 Å². The van der Waals surface area contributed by atoms with Crippen molar-refractivity contribution in [3.8, 4) is 5.75 Å². The Bertz CT molecular complexity index is 939. The molecule has 1 atom stereocenters. The van der Waals surface area contributed by atoms with Crippen LogP contribution in [0.3, 0.4) is 0 Å². The van der Waals surface area contributed by atoms with Gasteiger partial charge in [-0.25, -0.2) is 4.39 Å². The second-order valence-corrected chi connectivity index (χ2v) is 8.60. The monoisotopic (exact) mass is 422 g/mol. The van der Waals surface area contributed by atoms with Crippen molar-refractivity contribution in [3.63, 3.8) is 0 Å². The van der Waals surface area contributed by atoms with Crippen LogP contribution in [-0.2, 0) is 11.3 Å². The number of benzene rings is 2. The summed E-state index contributed by atoms with van der Waals surface area (Å²) in [6.45, 7) is 3.75. The highest BCUT2D eigenvalue weighted by Gasteiger charge is 2.29. The third-order valence-corrected chi connectivity index (χ3v) is 6.15. The number of carbonyl (C=O) groups is 1. The highest BCUT2D eigenvalue weighted by molar-refractivity contribution is 5.77. The molecule has 0 spiro atoms. The van der Waals surface area contributed by atoms with E-state index in [1.165, 1.54) is 36.1 Å². The largest absolute Gasteiger partial charge is 0.489 e. The minimum absolute atomic E-state index is 0.0319. The molecule has 0 saturated heterocycles. The van der Waals surface area contributed by atoms with Gasteiger partial charge in [0.15, 0.2) is 0 Å².